The van der Waals surface area contributed by atoms with Gasteiger partial charge in [-0.2, -0.15) is 0 Å². The molecule has 7 heteroatoms. The van der Waals surface area contributed by atoms with Gasteiger partial charge in [-0.25, -0.2) is 8.42 Å². The van der Waals surface area contributed by atoms with Crippen LogP contribution >= 0.6 is 10.7 Å². The molecule has 0 amide bonds. The van der Waals surface area contributed by atoms with Crippen LogP contribution in [0.1, 0.15) is 28.8 Å². The van der Waals surface area contributed by atoms with Gasteiger partial charge in [0.05, 0.1) is 11.3 Å². The standard InChI is InChI=1S/C11H11ClO5S/c1-7-2-3-8(6-10(7)18(12,16)17)9(13)4-5-11(14)15/h2-3,6H,4-5H2,1H3,(H,14,15). The quantitative estimate of drug-likeness (QED) is 0.661. The normalized spacial score (nSPS) is 11.2. The summed E-state index contributed by atoms with van der Waals surface area (Å²) in [7, 11) is 1.32. The average molecular weight is 291 g/mol. The van der Waals surface area contributed by atoms with Gasteiger partial charge in [-0.3, -0.25) is 9.59 Å². The molecule has 0 aliphatic heterocycles. The number of carboxylic acid groups (broad SMARTS) is 1. The number of hydrogen-bond acceptors (Lipinski definition) is 4. The Morgan fingerprint density at radius 3 is 2.39 bits per heavy atom. The summed E-state index contributed by atoms with van der Waals surface area (Å²) < 4.78 is 22.5. The summed E-state index contributed by atoms with van der Waals surface area (Å²) in [5.41, 5.74) is 0.570. The van der Waals surface area contributed by atoms with Crippen molar-refractivity contribution in [1.29, 1.82) is 0 Å². The number of hydrogen-bond donors (Lipinski definition) is 1. The highest BCUT2D eigenvalue weighted by Crippen LogP contribution is 2.21. The highest BCUT2D eigenvalue weighted by atomic mass is 35.7. The first kappa shape index (κ1) is 14.7. The monoisotopic (exact) mass is 290 g/mol. The Hall–Kier alpha value is -1.40. The molecule has 0 aliphatic carbocycles. The lowest BCUT2D eigenvalue weighted by Crippen LogP contribution is -2.05. The molecule has 0 spiro atoms. The molecule has 0 aromatic heterocycles. The maximum atomic E-state index is 11.6. The van der Waals surface area contributed by atoms with E-state index < -0.39 is 20.8 Å². The third-order valence-corrected chi connectivity index (χ3v) is 3.80. The summed E-state index contributed by atoms with van der Waals surface area (Å²) in [5, 5.41) is 8.47. The molecule has 1 rings (SSSR count). The van der Waals surface area contributed by atoms with E-state index in [1.807, 2.05) is 0 Å². The van der Waals surface area contributed by atoms with Gasteiger partial charge in [-0.05, 0) is 18.6 Å². The first-order valence-corrected chi connectivity index (χ1v) is 7.33. The number of ketones is 1. The lowest BCUT2D eigenvalue weighted by atomic mass is 10.1. The smallest absolute Gasteiger partial charge is 0.303 e. The second kappa shape index (κ2) is 5.49. The van der Waals surface area contributed by atoms with Crippen LogP contribution in [0.4, 0.5) is 0 Å². The van der Waals surface area contributed by atoms with E-state index in [2.05, 4.69) is 0 Å². The average Bonchev–Trinajstić information content (AvgIpc) is 2.24. The first-order valence-electron chi connectivity index (χ1n) is 5.02. The zero-order valence-corrected chi connectivity index (χ0v) is 11.1. The topological polar surface area (TPSA) is 88.5 Å². The molecule has 0 unspecified atom stereocenters. The minimum Gasteiger partial charge on any atom is -0.481 e. The summed E-state index contributed by atoms with van der Waals surface area (Å²) in [6.45, 7) is 1.56. The number of carbonyl (C=O) groups is 2. The van der Waals surface area contributed by atoms with Gasteiger partial charge in [-0.1, -0.05) is 12.1 Å². The van der Waals surface area contributed by atoms with Gasteiger partial charge in [-0.15, -0.1) is 0 Å². The number of halogens is 1. The van der Waals surface area contributed by atoms with E-state index in [0.717, 1.165) is 0 Å². The molecule has 0 fully saturated rings. The van der Waals surface area contributed by atoms with Crippen LogP contribution in [-0.2, 0) is 13.8 Å². The molecule has 0 aliphatic rings. The molecule has 0 saturated heterocycles. The molecule has 0 bridgehead atoms. The van der Waals surface area contributed by atoms with E-state index in [1.165, 1.54) is 18.2 Å². The van der Waals surface area contributed by atoms with Crippen LogP contribution in [-0.4, -0.2) is 25.3 Å². The van der Waals surface area contributed by atoms with Crippen LogP contribution in [0.15, 0.2) is 23.1 Å². The predicted molar refractivity (Wildman–Crippen MR) is 65.4 cm³/mol. The van der Waals surface area contributed by atoms with Crippen molar-refractivity contribution in [3.05, 3.63) is 29.3 Å². The summed E-state index contributed by atoms with van der Waals surface area (Å²) in [6.07, 6.45) is -0.476. The number of benzene rings is 1. The van der Waals surface area contributed by atoms with Crippen LogP contribution in [0, 0.1) is 6.92 Å². The Bertz CT molecular complexity index is 591. The largest absolute Gasteiger partial charge is 0.481 e. The molecule has 1 N–H and O–H groups in total. The zero-order valence-electron chi connectivity index (χ0n) is 9.51. The predicted octanol–water partition coefficient (Wildman–Crippen LogP) is 1.97. The fourth-order valence-corrected chi connectivity index (χ4v) is 2.62. The summed E-state index contributed by atoms with van der Waals surface area (Å²) in [6, 6.07) is 4.08. The Morgan fingerprint density at radius 1 is 1.28 bits per heavy atom. The van der Waals surface area contributed by atoms with Crippen molar-refractivity contribution in [3.8, 4) is 0 Å². The number of Topliss-reactive ketones (excluding diaryl/α,β-unsaturated/α-hetero) is 1. The van der Waals surface area contributed by atoms with Crippen molar-refractivity contribution in [2.45, 2.75) is 24.7 Å². The van der Waals surface area contributed by atoms with Crippen LogP contribution in [0.2, 0.25) is 0 Å². The van der Waals surface area contributed by atoms with Crippen molar-refractivity contribution in [3.63, 3.8) is 0 Å². The Labute approximate surface area is 109 Å². The fraction of sp³-hybridized carbons (Fsp3) is 0.273. The van der Waals surface area contributed by atoms with Gasteiger partial charge in [0.1, 0.15) is 0 Å². The van der Waals surface area contributed by atoms with E-state index in [-0.39, 0.29) is 23.3 Å². The van der Waals surface area contributed by atoms with E-state index >= 15 is 0 Å². The maximum absolute atomic E-state index is 11.6. The Balaban J connectivity index is 3.06. The van der Waals surface area contributed by atoms with Crippen molar-refractivity contribution >= 4 is 31.5 Å². The zero-order chi connectivity index (χ0) is 13.9. The molecule has 0 heterocycles. The molecular formula is C11H11ClO5S. The number of aliphatic carboxylic acids is 1. The van der Waals surface area contributed by atoms with E-state index in [9.17, 15) is 18.0 Å². The van der Waals surface area contributed by atoms with Crippen molar-refractivity contribution in [2.24, 2.45) is 0 Å². The molecule has 0 radical (unpaired) electrons. The van der Waals surface area contributed by atoms with Gasteiger partial charge in [0.2, 0.25) is 0 Å². The van der Waals surface area contributed by atoms with Crippen LogP contribution in [0.5, 0.6) is 0 Å². The second-order valence-electron chi connectivity index (χ2n) is 3.74. The van der Waals surface area contributed by atoms with Gasteiger partial charge in [0, 0.05) is 22.7 Å². The number of carbonyl (C=O) groups excluding carboxylic acids is 1. The third-order valence-electron chi connectivity index (χ3n) is 2.34. The second-order valence-corrected chi connectivity index (χ2v) is 6.27. The lowest BCUT2D eigenvalue weighted by Gasteiger charge is -2.05. The van der Waals surface area contributed by atoms with Crippen LogP contribution in [0.3, 0.4) is 0 Å². The summed E-state index contributed by atoms with van der Waals surface area (Å²) in [5.74, 6) is -1.51. The van der Waals surface area contributed by atoms with Gasteiger partial charge in [0.15, 0.2) is 5.78 Å². The van der Waals surface area contributed by atoms with E-state index in [1.54, 1.807) is 6.92 Å². The van der Waals surface area contributed by atoms with Crippen molar-refractivity contribution < 1.29 is 23.1 Å². The molecule has 1 aromatic rings. The summed E-state index contributed by atoms with van der Waals surface area (Å²) >= 11 is 0. The maximum Gasteiger partial charge on any atom is 0.303 e. The Morgan fingerprint density at radius 2 is 1.89 bits per heavy atom. The third kappa shape index (κ3) is 3.82. The minimum atomic E-state index is -3.92. The number of aryl methyl sites for hydroxylation is 1. The van der Waals surface area contributed by atoms with Gasteiger partial charge in [0.25, 0.3) is 9.05 Å². The number of carboxylic acids is 1. The van der Waals surface area contributed by atoms with Crippen molar-refractivity contribution in [2.75, 3.05) is 0 Å². The van der Waals surface area contributed by atoms with Crippen molar-refractivity contribution in [1.82, 2.24) is 0 Å². The Kier molecular flexibility index (Phi) is 4.48. The minimum absolute atomic E-state index is 0.134. The highest BCUT2D eigenvalue weighted by molar-refractivity contribution is 8.13. The van der Waals surface area contributed by atoms with Crippen LogP contribution in [0.25, 0.3) is 0 Å². The van der Waals surface area contributed by atoms with Crippen LogP contribution < -0.4 is 0 Å². The van der Waals surface area contributed by atoms with E-state index in [4.69, 9.17) is 15.8 Å². The number of rotatable bonds is 5. The lowest BCUT2D eigenvalue weighted by molar-refractivity contribution is -0.136. The highest BCUT2D eigenvalue weighted by Gasteiger charge is 2.16. The first-order chi connectivity index (χ1) is 8.21. The molecule has 5 nitrogen and oxygen atoms in total. The van der Waals surface area contributed by atoms with Gasteiger partial charge < -0.3 is 5.11 Å². The van der Waals surface area contributed by atoms with E-state index in [0.29, 0.717) is 5.56 Å². The molecular weight excluding hydrogens is 280 g/mol. The molecule has 1 aromatic carbocycles. The molecule has 98 valence electrons. The molecule has 0 saturated carbocycles. The molecule has 0 atom stereocenters. The fourth-order valence-electron chi connectivity index (χ4n) is 1.40. The van der Waals surface area contributed by atoms with Gasteiger partial charge >= 0.3 is 5.97 Å². The summed E-state index contributed by atoms with van der Waals surface area (Å²) in [4.78, 5) is 21.9. The SMILES string of the molecule is Cc1ccc(C(=O)CCC(=O)O)cc1S(=O)(=O)Cl. The molecule has 18 heavy (non-hydrogen) atoms.